The number of allylic oxidation sites excluding steroid dienone is 4. The monoisotopic (exact) mass is 462 g/mol. The van der Waals surface area contributed by atoms with Crippen molar-refractivity contribution in [3.05, 3.63) is 75.8 Å². The predicted molar refractivity (Wildman–Crippen MR) is 133 cm³/mol. The normalized spacial score (nSPS) is 13.7. The van der Waals surface area contributed by atoms with Gasteiger partial charge < -0.3 is 4.84 Å². The number of nitrogens with zero attached hydrogens (tertiary/aromatic N) is 2. The summed E-state index contributed by atoms with van der Waals surface area (Å²) in [7, 11) is 0. The Hall–Kier alpha value is -1.71. The summed E-state index contributed by atoms with van der Waals surface area (Å²) in [6.07, 6.45) is 16.8. The first-order valence-corrected chi connectivity index (χ1v) is 12.0. The van der Waals surface area contributed by atoms with E-state index in [1.54, 1.807) is 29.5 Å². The molecule has 5 heteroatoms. The van der Waals surface area contributed by atoms with Crippen molar-refractivity contribution in [2.45, 2.75) is 72.1 Å². The lowest BCUT2D eigenvalue weighted by Crippen LogP contribution is -2.18. The maximum absolute atomic E-state index is 6.50. The number of imidazole rings is 1. The topological polar surface area (TPSA) is 27.1 Å². The van der Waals surface area contributed by atoms with Crippen molar-refractivity contribution in [1.82, 2.24) is 9.71 Å². The molecule has 0 saturated carbocycles. The van der Waals surface area contributed by atoms with E-state index in [9.17, 15) is 0 Å². The minimum absolute atomic E-state index is 0.144. The zero-order valence-corrected chi connectivity index (χ0v) is 20.8. The molecule has 31 heavy (non-hydrogen) atoms. The van der Waals surface area contributed by atoms with Gasteiger partial charge in [0.15, 0.2) is 0 Å². The van der Waals surface area contributed by atoms with Gasteiger partial charge in [0.1, 0.15) is 12.9 Å². The van der Waals surface area contributed by atoms with Crippen LogP contribution in [0.1, 0.15) is 77.7 Å². The first-order chi connectivity index (χ1) is 14.8. The molecule has 0 radical (unpaired) electrons. The van der Waals surface area contributed by atoms with Gasteiger partial charge in [0.2, 0.25) is 0 Å². The molecule has 0 N–H and O–H groups in total. The Morgan fingerprint density at radius 2 is 1.97 bits per heavy atom. The van der Waals surface area contributed by atoms with E-state index in [2.05, 4.69) is 44.8 Å². The number of benzene rings is 1. The standard InChI is InChI=1S/C26H36Cl2N2O/c1-20(2)7-5-8-21(3)9-6-10-22(4)11-12-23(18-31-30-16-15-29-19-30)25-14-13-24(27)17-26(25)28/h7,11,13-17,19,21,23H,5-6,8-10,12,18H2,1-4H3/b22-11+. The van der Waals surface area contributed by atoms with Crippen LogP contribution in [0.15, 0.2) is 60.2 Å². The molecule has 1 aromatic heterocycles. The van der Waals surface area contributed by atoms with Crippen LogP contribution in [0, 0.1) is 5.92 Å². The van der Waals surface area contributed by atoms with Gasteiger partial charge >= 0.3 is 0 Å². The molecule has 2 unspecified atom stereocenters. The van der Waals surface area contributed by atoms with Gasteiger partial charge in [-0.05, 0) is 76.5 Å². The van der Waals surface area contributed by atoms with Gasteiger partial charge in [0.25, 0.3) is 0 Å². The molecule has 0 aliphatic rings. The Balaban J connectivity index is 1.90. The number of rotatable bonds is 13. The smallest absolute Gasteiger partial charge is 0.131 e. The fourth-order valence-corrected chi connectivity index (χ4v) is 4.16. The second kappa shape index (κ2) is 13.6. The largest absolute Gasteiger partial charge is 0.412 e. The van der Waals surface area contributed by atoms with Gasteiger partial charge in [-0.3, -0.25) is 0 Å². The molecule has 3 nitrogen and oxygen atoms in total. The van der Waals surface area contributed by atoms with Gasteiger partial charge in [0, 0.05) is 22.2 Å². The maximum Gasteiger partial charge on any atom is 0.131 e. The minimum atomic E-state index is 0.144. The molecule has 0 amide bonds. The number of aromatic nitrogens is 2. The van der Waals surface area contributed by atoms with E-state index in [1.165, 1.54) is 36.8 Å². The average molecular weight is 463 g/mol. The van der Waals surface area contributed by atoms with Crippen molar-refractivity contribution in [1.29, 1.82) is 0 Å². The third-order valence-electron chi connectivity index (χ3n) is 5.54. The van der Waals surface area contributed by atoms with E-state index in [-0.39, 0.29) is 5.92 Å². The molecule has 2 rings (SSSR count). The first-order valence-electron chi connectivity index (χ1n) is 11.2. The van der Waals surface area contributed by atoms with Crippen LogP contribution in [-0.2, 0) is 0 Å². The Morgan fingerprint density at radius 1 is 1.16 bits per heavy atom. The zero-order chi connectivity index (χ0) is 22.6. The third kappa shape index (κ3) is 9.97. The van der Waals surface area contributed by atoms with E-state index in [4.69, 9.17) is 28.0 Å². The molecule has 0 saturated heterocycles. The highest BCUT2D eigenvalue weighted by Gasteiger charge is 2.16. The third-order valence-corrected chi connectivity index (χ3v) is 6.10. The lowest BCUT2D eigenvalue weighted by molar-refractivity contribution is 0.0975. The lowest BCUT2D eigenvalue weighted by Gasteiger charge is -2.18. The van der Waals surface area contributed by atoms with Gasteiger partial charge in [-0.1, -0.05) is 65.9 Å². The SMILES string of the molecule is CC(C)=CCCC(C)CCC/C(C)=C/CC(COn1ccnc1)c1ccc(Cl)cc1Cl. The summed E-state index contributed by atoms with van der Waals surface area (Å²) in [6, 6.07) is 5.69. The summed E-state index contributed by atoms with van der Waals surface area (Å²) in [5.74, 6) is 0.915. The molecule has 1 aromatic carbocycles. The highest BCUT2D eigenvalue weighted by Crippen LogP contribution is 2.30. The molecule has 0 bridgehead atoms. The molecule has 1 heterocycles. The van der Waals surface area contributed by atoms with Crippen molar-refractivity contribution in [3.63, 3.8) is 0 Å². The summed E-state index contributed by atoms with van der Waals surface area (Å²) in [5.41, 5.74) is 3.90. The molecular weight excluding hydrogens is 427 g/mol. The van der Waals surface area contributed by atoms with Crippen LogP contribution in [0.2, 0.25) is 10.0 Å². The first kappa shape index (κ1) is 25.5. The van der Waals surface area contributed by atoms with Crippen molar-refractivity contribution < 1.29 is 4.84 Å². The van der Waals surface area contributed by atoms with Crippen LogP contribution in [0.25, 0.3) is 0 Å². The predicted octanol–water partition coefficient (Wildman–Crippen LogP) is 8.29. The Morgan fingerprint density at radius 3 is 2.65 bits per heavy atom. The quantitative estimate of drug-likeness (QED) is 0.279. The van der Waals surface area contributed by atoms with E-state index in [0.29, 0.717) is 16.7 Å². The van der Waals surface area contributed by atoms with Crippen molar-refractivity contribution in [2.75, 3.05) is 6.61 Å². The van der Waals surface area contributed by atoms with E-state index < -0.39 is 0 Å². The molecular formula is C26H36Cl2N2O. The van der Waals surface area contributed by atoms with Crippen LogP contribution in [-0.4, -0.2) is 16.3 Å². The average Bonchev–Trinajstić information content (AvgIpc) is 3.22. The van der Waals surface area contributed by atoms with E-state index in [0.717, 1.165) is 24.3 Å². The van der Waals surface area contributed by atoms with E-state index in [1.807, 2.05) is 12.1 Å². The summed E-state index contributed by atoms with van der Waals surface area (Å²) >= 11 is 12.6. The van der Waals surface area contributed by atoms with Gasteiger partial charge in [-0.2, -0.15) is 4.73 Å². The second-order valence-electron chi connectivity index (χ2n) is 8.72. The summed E-state index contributed by atoms with van der Waals surface area (Å²) in [5, 5.41) is 1.33. The number of halogens is 2. The Kier molecular flexibility index (Phi) is 11.2. The van der Waals surface area contributed by atoms with Crippen LogP contribution in [0.4, 0.5) is 0 Å². The Labute approximate surface area is 198 Å². The molecule has 0 aliphatic carbocycles. The van der Waals surface area contributed by atoms with Crippen molar-refractivity contribution in [3.8, 4) is 0 Å². The van der Waals surface area contributed by atoms with Crippen LogP contribution < -0.4 is 4.84 Å². The molecule has 2 atom stereocenters. The molecule has 0 fully saturated rings. The molecule has 2 aromatic rings. The summed E-state index contributed by atoms with van der Waals surface area (Å²) < 4.78 is 1.63. The number of hydrogen-bond acceptors (Lipinski definition) is 2. The molecule has 170 valence electrons. The van der Waals surface area contributed by atoms with Crippen LogP contribution in [0.5, 0.6) is 0 Å². The summed E-state index contributed by atoms with van der Waals surface area (Å²) in [6.45, 7) is 9.45. The van der Waals surface area contributed by atoms with Gasteiger partial charge in [-0.25, -0.2) is 4.98 Å². The summed E-state index contributed by atoms with van der Waals surface area (Å²) in [4.78, 5) is 9.91. The van der Waals surface area contributed by atoms with Crippen molar-refractivity contribution in [2.24, 2.45) is 5.92 Å². The lowest BCUT2D eigenvalue weighted by atomic mass is 9.93. The van der Waals surface area contributed by atoms with Crippen LogP contribution in [0.3, 0.4) is 0 Å². The highest BCUT2D eigenvalue weighted by molar-refractivity contribution is 6.35. The van der Waals surface area contributed by atoms with Gasteiger partial charge in [0.05, 0.1) is 6.20 Å². The minimum Gasteiger partial charge on any atom is -0.412 e. The molecule has 0 aliphatic heterocycles. The van der Waals surface area contributed by atoms with E-state index >= 15 is 0 Å². The van der Waals surface area contributed by atoms with Crippen molar-refractivity contribution >= 4 is 23.2 Å². The molecule has 0 spiro atoms. The number of hydrogen-bond donors (Lipinski definition) is 0. The Bertz CT molecular complexity index is 839. The van der Waals surface area contributed by atoms with Gasteiger partial charge in [-0.15, -0.1) is 0 Å². The van der Waals surface area contributed by atoms with Crippen LogP contribution >= 0.6 is 23.2 Å². The fraction of sp³-hybridized carbons (Fsp3) is 0.500. The fourth-order valence-electron chi connectivity index (χ4n) is 3.59. The maximum atomic E-state index is 6.50. The zero-order valence-electron chi connectivity index (χ0n) is 19.3. The second-order valence-corrected chi connectivity index (χ2v) is 9.57. The highest BCUT2D eigenvalue weighted by atomic mass is 35.5.